The Morgan fingerprint density at radius 3 is 2.50 bits per heavy atom. The smallest absolute Gasteiger partial charge is 0.249 e. The first-order valence-electron chi connectivity index (χ1n) is 7.55. The number of carbonyl (C=O) groups is 1. The molecule has 0 bridgehead atoms. The van der Waals surface area contributed by atoms with Crippen LogP contribution in [0.15, 0.2) is 53.7 Å². The number of aryl methyl sites for hydroxylation is 2. The summed E-state index contributed by atoms with van der Waals surface area (Å²) in [5.41, 5.74) is 5.25. The topological polar surface area (TPSA) is 89.2 Å². The first-order chi connectivity index (χ1) is 11.6. The first-order valence-corrected chi connectivity index (χ1v) is 7.55. The maximum Gasteiger partial charge on any atom is 0.249 e. The van der Waals surface area contributed by atoms with E-state index in [0.717, 1.165) is 22.4 Å². The Bertz CT molecular complexity index is 698. The molecule has 0 aromatic heterocycles. The van der Waals surface area contributed by atoms with Gasteiger partial charge in [-0.25, -0.2) is 5.84 Å². The van der Waals surface area contributed by atoms with Gasteiger partial charge in [0.2, 0.25) is 12.3 Å². The zero-order chi connectivity index (χ0) is 17.4. The van der Waals surface area contributed by atoms with Gasteiger partial charge in [-0.1, -0.05) is 42.5 Å². The second kappa shape index (κ2) is 8.69. The highest BCUT2D eigenvalue weighted by Crippen LogP contribution is 2.22. The Morgan fingerprint density at radius 2 is 1.92 bits per heavy atom. The number of rotatable bonds is 5. The van der Waals surface area contributed by atoms with Crippen molar-refractivity contribution >= 4 is 12.3 Å². The van der Waals surface area contributed by atoms with Crippen LogP contribution < -0.4 is 16.0 Å². The van der Waals surface area contributed by atoms with Gasteiger partial charge in [0.1, 0.15) is 12.4 Å². The molecule has 1 amide bonds. The molecule has 0 fully saturated rings. The highest BCUT2D eigenvalue weighted by molar-refractivity contribution is 5.83. The van der Waals surface area contributed by atoms with E-state index in [4.69, 9.17) is 10.6 Å². The SMILES string of the molecule is C1=NO1.Cc1ccc(C)c(OCC(C(=O)NN)c2ccccc2)c1. The van der Waals surface area contributed by atoms with Crippen molar-refractivity contribution in [3.63, 3.8) is 0 Å². The quantitative estimate of drug-likeness (QED) is 0.501. The summed E-state index contributed by atoms with van der Waals surface area (Å²) in [5.74, 6) is 5.38. The largest absolute Gasteiger partial charge is 0.492 e. The highest BCUT2D eigenvalue weighted by Gasteiger charge is 2.20. The van der Waals surface area contributed by atoms with Crippen LogP contribution in [-0.2, 0) is 9.63 Å². The highest BCUT2D eigenvalue weighted by atomic mass is 16.7. The number of nitrogens with zero attached hydrogens (tertiary/aromatic N) is 1. The van der Waals surface area contributed by atoms with E-state index in [1.54, 1.807) is 0 Å². The Hall–Kier alpha value is -2.86. The summed E-state index contributed by atoms with van der Waals surface area (Å²) in [6.45, 7) is 4.24. The van der Waals surface area contributed by atoms with Crippen LogP contribution in [0.4, 0.5) is 0 Å². The number of ether oxygens (including phenoxy) is 1. The molecular weight excluding hydrogens is 306 g/mol. The van der Waals surface area contributed by atoms with Crippen LogP contribution in [0.5, 0.6) is 5.75 Å². The van der Waals surface area contributed by atoms with Crippen LogP contribution in [0.3, 0.4) is 0 Å². The maximum absolute atomic E-state index is 12.0. The van der Waals surface area contributed by atoms with Crippen LogP contribution in [0.1, 0.15) is 22.6 Å². The minimum atomic E-state index is -0.434. The standard InChI is InChI=1S/C17H20N2O2.CHNO/c1-12-8-9-13(2)16(10-12)21-11-15(17(20)19-18)14-6-4-3-5-7-14;1-2-3-1/h3-10,15H,11,18H2,1-2H3,(H,19,20);1H. The molecule has 6 heteroatoms. The van der Waals surface area contributed by atoms with Gasteiger partial charge in [0.15, 0.2) is 0 Å². The van der Waals surface area contributed by atoms with Crippen molar-refractivity contribution < 1.29 is 14.4 Å². The van der Waals surface area contributed by atoms with E-state index in [0.29, 0.717) is 0 Å². The molecule has 24 heavy (non-hydrogen) atoms. The number of oxime groups is 1. The molecule has 1 aliphatic heterocycles. The van der Waals surface area contributed by atoms with E-state index < -0.39 is 5.92 Å². The van der Waals surface area contributed by atoms with Crippen molar-refractivity contribution in [1.29, 1.82) is 0 Å². The lowest BCUT2D eigenvalue weighted by Crippen LogP contribution is -2.37. The van der Waals surface area contributed by atoms with Gasteiger partial charge in [-0.05, 0) is 41.8 Å². The number of hydrazine groups is 1. The van der Waals surface area contributed by atoms with Gasteiger partial charge in [-0.15, -0.1) is 0 Å². The molecule has 3 rings (SSSR count). The van der Waals surface area contributed by atoms with E-state index in [-0.39, 0.29) is 12.5 Å². The van der Waals surface area contributed by atoms with E-state index in [9.17, 15) is 4.79 Å². The molecule has 6 nitrogen and oxygen atoms in total. The van der Waals surface area contributed by atoms with E-state index in [1.807, 2.05) is 62.4 Å². The Morgan fingerprint density at radius 1 is 1.25 bits per heavy atom. The molecule has 1 unspecified atom stereocenters. The van der Waals surface area contributed by atoms with Gasteiger partial charge in [0.25, 0.3) is 0 Å². The molecule has 0 saturated heterocycles. The summed E-state index contributed by atoms with van der Waals surface area (Å²) >= 11 is 0. The summed E-state index contributed by atoms with van der Waals surface area (Å²) < 4.78 is 5.84. The monoisotopic (exact) mass is 327 g/mol. The number of nitrogens with two attached hydrogens (primary N) is 1. The average molecular weight is 327 g/mol. The molecule has 1 atom stereocenters. The summed E-state index contributed by atoms with van der Waals surface area (Å²) in [6, 6.07) is 15.5. The fourth-order valence-electron chi connectivity index (χ4n) is 2.15. The predicted molar refractivity (Wildman–Crippen MR) is 92.5 cm³/mol. The second-order valence-electron chi connectivity index (χ2n) is 5.37. The maximum atomic E-state index is 12.0. The van der Waals surface area contributed by atoms with Crippen LogP contribution >= 0.6 is 0 Å². The lowest BCUT2D eigenvalue weighted by molar-refractivity contribution is -0.123. The summed E-state index contributed by atoms with van der Waals surface area (Å²) in [7, 11) is 0. The number of hydrogen-bond acceptors (Lipinski definition) is 5. The summed E-state index contributed by atoms with van der Waals surface area (Å²) in [4.78, 5) is 16.0. The zero-order valence-corrected chi connectivity index (χ0v) is 13.7. The predicted octanol–water partition coefficient (Wildman–Crippen LogP) is 2.42. The van der Waals surface area contributed by atoms with Gasteiger partial charge >= 0.3 is 0 Å². The minimum absolute atomic E-state index is 0.247. The fraction of sp³-hybridized carbons (Fsp3) is 0.222. The molecule has 0 saturated carbocycles. The molecule has 2 aromatic carbocycles. The van der Waals surface area contributed by atoms with Gasteiger partial charge in [0.05, 0.1) is 5.92 Å². The number of amides is 1. The van der Waals surface area contributed by atoms with Crippen LogP contribution in [-0.4, -0.2) is 18.9 Å². The average Bonchev–Trinajstić information content (AvgIpc) is 3.47. The number of benzene rings is 2. The molecule has 0 spiro atoms. The van der Waals surface area contributed by atoms with Crippen molar-refractivity contribution in [2.45, 2.75) is 19.8 Å². The zero-order valence-electron chi connectivity index (χ0n) is 13.7. The Balaban J connectivity index is 0.000000623. The number of carbonyl (C=O) groups excluding carboxylic acids is 1. The molecule has 0 radical (unpaired) electrons. The third-order valence-electron chi connectivity index (χ3n) is 3.52. The minimum Gasteiger partial charge on any atom is -0.492 e. The molecule has 2 aromatic rings. The van der Waals surface area contributed by atoms with Crippen molar-refractivity contribution in [3.05, 3.63) is 65.2 Å². The van der Waals surface area contributed by atoms with Gasteiger partial charge in [0, 0.05) is 0 Å². The van der Waals surface area contributed by atoms with Gasteiger partial charge < -0.3 is 9.57 Å². The number of nitrogens with one attached hydrogen (secondary N) is 1. The number of hydrogen-bond donors (Lipinski definition) is 2. The van der Waals surface area contributed by atoms with Crippen molar-refractivity contribution in [2.75, 3.05) is 6.61 Å². The summed E-state index contributed by atoms with van der Waals surface area (Å²) in [5, 5.41) is 3.12. The molecule has 126 valence electrons. The van der Waals surface area contributed by atoms with Crippen molar-refractivity contribution in [1.82, 2.24) is 5.43 Å². The fourth-order valence-corrected chi connectivity index (χ4v) is 2.15. The Kier molecular flexibility index (Phi) is 6.33. The molecule has 3 N–H and O–H groups in total. The third-order valence-corrected chi connectivity index (χ3v) is 3.52. The Labute approximate surface area is 141 Å². The van der Waals surface area contributed by atoms with Crippen molar-refractivity contribution in [3.8, 4) is 5.75 Å². The molecule has 1 heterocycles. The lowest BCUT2D eigenvalue weighted by Gasteiger charge is -2.18. The van der Waals surface area contributed by atoms with Gasteiger partial charge in [-0.3, -0.25) is 10.2 Å². The normalized spacial score (nSPS) is 12.3. The lowest BCUT2D eigenvalue weighted by atomic mass is 9.99. The third kappa shape index (κ3) is 5.40. The van der Waals surface area contributed by atoms with Gasteiger partial charge in [-0.2, -0.15) is 0 Å². The van der Waals surface area contributed by atoms with E-state index in [1.165, 1.54) is 6.40 Å². The van der Waals surface area contributed by atoms with Crippen LogP contribution in [0.2, 0.25) is 0 Å². The second-order valence-corrected chi connectivity index (χ2v) is 5.37. The molecule has 1 aliphatic rings. The van der Waals surface area contributed by atoms with Crippen LogP contribution in [0, 0.1) is 13.8 Å². The van der Waals surface area contributed by atoms with Crippen molar-refractivity contribution in [2.24, 2.45) is 11.0 Å². The first kappa shape index (κ1) is 17.5. The van der Waals surface area contributed by atoms with E-state index in [2.05, 4.69) is 15.4 Å². The summed E-state index contributed by atoms with van der Waals surface area (Å²) in [6.07, 6.45) is 1.38. The van der Waals surface area contributed by atoms with Crippen LogP contribution in [0.25, 0.3) is 0 Å². The molecule has 0 aliphatic carbocycles. The van der Waals surface area contributed by atoms with E-state index >= 15 is 0 Å². The molecular formula is C18H21N3O3.